The minimum absolute atomic E-state index is 0. The number of piperazine rings is 2. The van der Waals surface area contributed by atoms with Gasteiger partial charge in [-0.3, -0.25) is 24.4 Å². The lowest BCUT2D eigenvalue weighted by Gasteiger charge is -2.34. The van der Waals surface area contributed by atoms with E-state index >= 15 is 0 Å². The molecule has 0 bridgehead atoms. The number of amides is 2. The van der Waals surface area contributed by atoms with Crippen LogP contribution in [0.25, 0.3) is 0 Å². The minimum atomic E-state index is -0.202. The lowest BCUT2D eigenvalue weighted by Crippen LogP contribution is -2.52. The molecule has 2 aromatic rings. The molecule has 5 heterocycles. The molecule has 2 amide bonds. The van der Waals surface area contributed by atoms with Gasteiger partial charge in [0.15, 0.2) is 0 Å². The van der Waals surface area contributed by atoms with Gasteiger partial charge in [-0.25, -0.2) is 9.78 Å². The van der Waals surface area contributed by atoms with Crippen LogP contribution in [0.15, 0.2) is 24.3 Å². The van der Waals surface area contributed by atoms with Gasteiger partial charge < -0.3 is 36.1 Å². The molecule has 1 aliphatic carbocycles. The van der Waals surface area contributed by atoms with Crippen LogP contribution in [0.2, 0.25) is 0 Å². The van der Waals surface area contributed by atoms with Gasteiger partial charge in [0.25, 0.3) is 0 Å². The van der Waals surface area contributed by atoms with E-state index in [-0.39, 0.29) is 37.8 Å². The number of esters is 2. The summed E-state index contributed by atoms with van der Waals surface area (Å²) in [4.78, 5) is 50.2. The fourth-order valence-electron chi connectivity index (χ4n) is 6.89. The van der Waals surface area contributed by atoms with Gasteiger partial charge in [0.2, 0.25) is 0 Å². The average molecular weight is 805 g/mol. The third-order valence-corrected chi connectivity index (χ3v) is 9.90. The van der Waals surface area contributed by atoms with Gasteiger partial charge >= 0.3 is 18.0 Å². The Labute approximate surface area is 341 Å². The van der Waals surface area contributed by atoms with E-state index in [0.717, 1.165) is 89.3 Å². The lowest BCUT2D eigenvalue weighted by molar-refractivity contribution is -0.145. The highest BCUT2D eigenvalue weighted by Gasteiger charge is 2.22. The van der Waals surface area contributed by atoms with Crippen molar-refractivity contribution in [2.75, 3.05) is 104 Å². The zero-order chi connectivity index (χ0) is 38.4. The van der Waals surface area contributed by atoms with Gasteiger partial charge in [0, 0.05) is 82.5 Å². The summed E-state index contributed by atoms with van der Waals surface area (Å²) in [6.07, 6.45) is 11.1. The second-order valence-electron chi connectivity index (χ2n) is 14.1. The number of anilines is 1. The highest BCUT2D eigenvalue weighted by atomic mass is 35.5. The normalized spacial score (nSPS) is 16.3. The molecule has 0 radical (unpaired) electrons. The first-order valence-corrected chi connectivity index (χ1v) is 20.3. The fraction of sp³-hybridized carbons (Fsp3) is 0.683. The number of aryl methyl sites for hydroxylation is 5. The number of ether oxygens (including phenoxy) is 2. The molecule has 56 heavy (non-hydrogen) atoms. The first kappa shape index (κ1) is 48.6. The Balaban J connectivity index is 0.000000323. The van der Waals surface area contributed by atoms with Gasteiger partial charge in [0.1, 0.15) is 5.82 Å². The summed E-state index contributed by atoms with van der Waals surface area (Å²) in [7, 11) is 0. The monoisotopic (exact) mass is 804 g/mol. The Morgan fingerprint density at radius 3 is 2.00 bits per heavy atom. The van der Waals surface area contributed by atoms with Crippen molar-refractivity contribution >= 4 is 36.2 Å². The summed E-state index contributed by atoms with van der Waals surface area (Å²) in [5.74, 6) is 0.708. The highest BCUT2D eigenvalue weighted by Crippen LogP contribution is 2.21. The number of halogens is 1. The number of fused-ring (bicyclic) bond motifs is 2. The summed E-state index contributed by atoms with van der Waals surface area (Å²) >= 11 is 0. The molecule has 0 atom stereocenters. The van der Waals surface area contributed by atoms with E-state index in [4.69, 9.17) is 20.2 Å². The van der Waals surface area contributed by atoms with Crippen LogP contribution in [-0.2, 0) is 51.2 Å². The third kappa shape index (κ3) is 17.7. The smallest absolute Gasteiger partial charge is 0.320 e. The summed E-state index contributed by atoms with van der Waals surface area (Å²) in [6, 6.07) is 8.65. The molecular formula is C41H70ClN9O5. The molecule has 3 aliphatic heterocycles. The van der Waals surface area contributed by atoms with Crippen LogP contribution >= 0.6 is 12.4 Å². The van der Waals surface area contributed by atoms with E-state index < -0.39 is 0 Å². The van der Waals surface area contributed by atoms with Crippen LogP contribution < -0.4 is 21.7 Å². The zero-order valence-corrected chi connectivity index (χ0v) is 34.1. The van der Waals surface area contributed by atoms with E-state index in [1.54, 1.807) is 6.92 Å². The standard InChI is InChI=1S/C20H31N5O3.C12H18N2.C8H16N2O2.CH4.ClH/c1-2-28-18(26)15-24-11-13-25(14-12-24)20(27)22-10-4-6-17-8-7-16-5-3-9-21-19(16)23-17;13-9-3-5-11-8-7-10-4-1-2-6-12(10)14-11;1-2-12-8(11)7-10-5-3-9-4-6-10;;/h7-8H,2-6,9-15H2,1H3,(H,21,23)(H,22,27);7-8H,1-6,9,13H2;9H,2-7H2,1H3;1H4;1H. The Morgan fingerprint density at radius 2 is 1.34 bits per heavy atom. The molecule has 316 valence electrons. The largest absolute Gasteiger partial charge is 0.465 e. The van der Waals surface area contributed by atoms with Crippen molar-refractivity contribution in [2.45, 2.75) is 85.5 Å². The number of urea groups is 1. The second kappa shape index (κ2) is 27.9. The number of carbonyl (C=O) groups excluding carboxylic acids is 3. The Bertz CT molecular complexity index is 1440. The molecule has 5 N–H and O–H groups in total. The van der Waals surface area contributed by atoms with E-state index in [1.807, 2.05) is 16.7 Å². The van der Waals surface area contributed by atoms with Crippen LogP contribution in [0.1, 0.15) is 81.6 Å². The molecular weight excluding hydrogens is 734 g/mol. The molecule has 2 fully saturated rings. The number of rotatable bonds is 13. The van der Waals surface area contributed by atoms with Gasteiger partial charge in [-0.2, -0.15) is 0 Å². The predicted molar refractivity (Wildman–Crippen MR) is 226 cm³/mol. The van der Waals surface area contributed by atoms with E-state index in [1.165, 1.54) is 48.2 Å². The number of nitrogens with one attached hydrogen (secondary N) is 3. The number of aromatic nitrogens is 2. The summed E-state index contributed by atoms with van der Waals surface area (Å²) in [5, 5.41) is 9.58. The van der Waals surface area contributed by atoms with Gasteiger partial charge in [-0.1, -0.05) is 19.6 Å². The van der Waals surface area contributed by atoms with E-state index in [9.17, 15) is 14.4 Å². The third-order valence-electron chi connectivity index (χ3n) is 9.90. The quantitative estimate of drug-likeness (QED) is 0.172. The van der Waals surface area contributed by atoms with Crippen molar-refractivity contribution in [1.29, 1.82) is 0 Å². The molecule has 0 saturated carbocycles. The number of hydrogen-bond acceptors (Lipinski definition) is 12. The summed E-state index contributed by atoms with van der Waals surface area (Å²) < 4.78 is 9.81. The van der Waals surface area contributed by atoms with Crippen molar-refractivity contribution in [1.82, 2.24) is 35.3 Å². The Kier molecular flexibility index (Phi) is 24.2. The van der Waals surface area contributed by atoms with Crippen molar-refractivity contribution in [2.24, 2.45) is 5.73 Å². The SMILES string of the molecule is C.CCOC(=O)CN1CCN(C(=O)NCCCc2ccc3c(n2)NCCC3)CC1.CCOC(=O)CN1CCNCC1.Cl.NCCCc1ccc2c(n1)CCCC2. The van der Waals surface area contributed by atoms with Crippen molar-refractivity contribution in [3.8, 4) is 0 Å². The lowest BCUT2D eigenvalue weighted by atomic mass is 9.95. The summed E-state index contributed by atoms with van der Waals surface area (Å²) in [6.45, 7) is 14.1. The number of nitrogens with two attached hydrogens (primary N) is 1. The molecule has 0 unspecified atom stereocenters. The van der Waals surface area contributed by atoms with Gasteiger partial charge in [-0.05, 0) is 108 Å². The molecule has 0 spiro atoms. The average Bonchev–Trinajstić information content (AvgIpc) is 3.20. The number of pyridine rings is 2. The maximum atomic E-state index is 12.3. The zero-order valence-electron chi connectivity index (χ0n) is 33.2. The molecule has 6 rings (SSSR count). The van der Waals surface area contributed by atoms with Crippen LogP contribution in [0.5, 0.6) is 0 Å². The predicted octanol–water partition coefficient (Wildman–Crippen LogP) is 3.63. The van der Waals surface area contributed by atoms with Gasteiger partial charge in [-0.15, -0.1) is 12.4 Å². The van der Waals surface area contributed by atoms with Crippen molar-refractivity contribution in [3.63, 3.8) is 0 Å². The van der Waals surface area contributed by atoms with E-state index in [0.29, 0.717) is 59.0 Å². The Morgan fingerprint density at radius 1 is 0.750 bits per heavy atom. The van der Waals surface area contributed by atoms with Crippen LogP contribution in [0.4, 0.5) is 10.6 Å². The molecule has 4 aliphatic rings. The van der Waals surface area contributed by atoms with Gasteiger partial charge in [0.05, 0.1) is 26.3 Å². The molecule has 15 heteroatoms. The number of carbonyl (C=O) groups is 3. The minimum Gasteiger partial charge on any atom is -0.465 e. The van der Waals surface area contributed by atoms with Crippen LogP contribution in [0.3, 0.4) is 0 Å². The first-order valence-electron chi connectivity index (χ1n) is 20.3. The molecule has 2 saturated heterocycles. The summed E-state index contributed by atoms with van der Waals surface area (Å²) in [5.41, 5.74) is 11.9. The first-order chi connectivity index (χ1) is 26.4. The van der Waals surface area contributed by atoms with Crippen LogP contribution in [-0.4, -0.2) is 141 Å². The maximum absolute atomic E-state index is 12.3. The van der Waals surface area contributed by atoms with Crippen molar-refractivity contribution < 1.29 is 23.9 Å². The number of hydrogen-bond donors (Lipinski definition) is 4. The maximum Gasteiger partial charge on any atom is 0.320 e. The highest BCUT2D eigenvalue weighted by molar-refractivity contribution is 5.85. The van der Waals surface area contributed by atoms with Crippen molar-refractivity contribution in [3.05, 3.63) is 52.5 Å². The topological polar surface area (TPSA) is 167 Å². The fourth-order valence-corrected chi connectivity index (χ4v) is 6.89. The van der Waals surface area contributed by atoms with E-state index in [2.05, 4.69) is 50.1 Å². The molecule has 2 aromatic heterocycles. The second-order valence-corrected chi connectivity index (χ2v) is 14.1. The molecule has 14 nitrogen and oxygen atoms in total. The van der Waals surface area contributed by atoms with Crippen LogP contribution in [0, 0.1) is 0 Å². The molecule has 0 aromatic carbocycles. The number of nitrogens with zero attached hydrogens (tertiary/aromatic N) is 5. The Hall–Kier alpha value is -3.56.